The van der Waals surface area contributed by atoms with Crippen molar-refractivity contribution in [3.63, 3.8) is 0 Å². The van der Waals surface area contributed by atoms with E-state index in [9.17, 15) is 0 Å². The molecule has 0 unspecified atom stereocenters. The van der Waals surface area contributed by atoms with Gasteiger partial charge in [-0.25, -0.2) is 0 Å². The Bertz CT molecular complexity index is 210. The molecular weight excluding hydrogens is 255 g/mol. The van der Waals surface area contributed by atoms with Crippen molar-refractivity contribution in [2.45, 2.75) is 6.92 Å². The third-order valence-electron chi connectivity index (χ3n) is 0.774. The number of hydrogen-bond acceptors (Lipinski definition) is 1. The van der Waals surface area contributed by atoms with Gasteiger partial charge in [-0.3, -0.25) is 4.79 Å². The summed E-state index contributed by atoms with van der Waals surface area (Å²) in [5, 5.41) is 7.42. The zero-order valence-corrected chi connectivity index (χ0v) is 11.0. The van der Waals surface area contributed by atoms with E-state index in [-0.39, 0.29) is 27.3 Å². The monoisotopic (exact) mass is 266 g/mol. The van der Waals surface area contributed by atoms with E-state index in [1.807, 2.05) is 18.2 Å². The fourth-order valence-corrected chi connectivity index (χ4v) is 0.438. The molecule has 0 amide bonds. The Hall–Kier alpha value is -0.588. The second-order valence-corrected chi connectivity index (χ2v) is 1.89. The van der Waals surface area contributed by atoms with Crippen molar-refractivity contribution in [1.82, 2.24) is 0 Å². The van der Waals surface area contributed by atoms with Crippen molar-refractivity contribution in [3.05, 3.63) is 36.1 Å². The molecule has 4 heteroatoms. The van der Waals surface area contributed by atoms with Gasteiger partial charge in [0.2, 0.25) is 0 Å². The fraction of sp³-hybridized carbons (Fsp3) is 0.125. The first-order valence-electron chi connectivity index (χ1n) is 3.09. The van der Waals surface area contributed by atoms with E-state index >= 15 is 0 Å². The average Bonchev–Trinajstić information content (AvgIpc) is 1.87. The topological polar surface area (TPSA) is 61.1 Å². The molecule has 0 fully saturated rings. The summed E-state index contributed by atoms with van der Waals surface area (Å²) >= 11 is 0. The molecule has 0 aliphatic carbocycles. The second kappa shape index (κ2) is 8.51. The Labute approximate surface area is 91.7 Å². The molecule has 0 saturated carbocycles. The molecule has 1 rings (SSSR count). The first-order valence-corrected chi connectivity index (χ1v) is 3.09. The Morgan fingerprint density at radius 1 is 1.33 bits per heavy atom. The number of benzene rings is 1. The van der Waals surface area contributed by atoms with Crippen molar-refractivity contribution in [2.75, 3.05) is 0 Å². The summed E-state index contributed by atoms with van der Waals surface area (Å²) in [5.41, 5.74) is 7.57. The first-order chi connectivity index (χ1) is 5.13. The minimum absolute atomic E-state index is 0. The molecule has 0 aliphatic rings. The number of carboxylic acids is 1. The van der Waals surface area contributed by atoms with Gasteiger partial charge < -0.3 is 10.8 Å². The van der Waals surface area contributed by atoms with Crippen LogP contribution in [-0.2, 0) is 32.1 Å². The van der Waals surface area contributed by atoms with Crippen LogP contribution < -0.4 is 0 Å². The third kappa shape index (κ3) is 12.1. The van der Waals surface area contributed by atoms with Crippen LogP contribution in [0.4, 0.5) is 5.69 Å². The number of rotatable bonds is 0. The van der Waals surface area contributed by atoms with Crippen molar-refractivity contribution < 1.29 is 37.2 Å². The van der Waals surface area contributed by atoms with Gasteiger partial charge in [-0.1, -0.05) is 30.3 Å². The number of aliphatic carboxylic acids is 1. The van der Waals surface area contributed by atoms with Gasteiger partial charge in [-0.2, -0.15) is 0 Å². The molecule has 0 atom stereocenters. The standard InChI is InChI=1S/C6H6N.C2H4O2.Cd/c7-6-4-2-1-3-5-6;1-2(3)4;/h1-5,7H;1H3,(H,3,4);/q-1;;. The van der Waals surface area contributed by atoms with E-state index in [0.717, 1.165) is 6.92 Å². The van der Waals surface area contributed by atoms with Crippen LogP contribution in [0.15, 0.2) is 30.3 Å². The molecule has 62 valence electrons. The van der Waals surface area contributed by atoms with E-state index in [1.165, 1.54) is 0 Å². The maximum Gasteiger partial charge on any atom is 0.300 e. The molecule has 1 aromatic rings. The summed E-state index contributed by atoms with van der Waals surface area (Å²) in [6, 6.07) is 9.10. The van der Waals surface area contributed by atoms with Crippen LogP contribution in [0.3, 0.4) is 0 Å². The summed E-state index contributed by atoms with van der Waals surface area (Å²) in [6.07, 6.45) is 0. The van der Waals surface area contributed by atoms with Gasteiger partial charge in [-0.05, 0) is 0 Å². The van der Waals surface area contributed by atoms with Gasteiger partial charge in [0.25, 0.3) is 5.97 Å². The van der Waals surface area contributed by atoms with Crippen molar-refractivity contribution >= 4 is 11.7 Å². The summed E-state index contributed by atoms with van der Waals surface area (Å²) in [6.45, 7) is 1.08. The quantitative estimate of drug-likeness (QED) is 0.732. The third-order valence-corrected chi connectivity index (χ3v) is 0.774. The van der Waals surface area contributed by atoms with Gasteiger partial charge in [-0.15, -0.1) is 5.69 Å². The van der Waals surface area contributed by atoms with Crippen LogP contribution >= 0.6 is 0 Å². The van der Waals surface area contributed by atoms with Crippen LogP contribution in [-0.4, -0.2) is 11.1 Å². The molecule has 0 aromatic heterocycles. The Morgan fingerprint density at radius 2 is 1.67 bits per heavy atom. The second-order valence-electron chi connectivity index (χ2n) is 1.89. The number of carbonyl (C=O) groups is 1. The molecule has 0 bridgehead atoms. The van der Waals surface area contributed by atoms with Gasteiger partial charge in [0.05, 0.1) is 0 Å². The van der Waals surface area contributed by atoms with Gasteiger partial charge in [0, 0.05) is 34.2 Å². The average molecular weight is 265 g/mol. The molecule has 0 spiro atoms. The maximum atomic E-state index is 9.00. The van der Waals surface area contributed by atoms with E-state index < -0.39 is 5.97 Å². The molecular formula is C8H10CdNO2-. The molecule has 0 saturated heterocycles. The molecule has 0 aliphatic heterocycles. The van der Waals surface area contributed by atoms with E-state index in [2.05, 4.69) is 0 Å². The van der Waals surface area contributed by atoms with Crippen LogP contribution in [0.5, 0.6) is 0 Å². The first kappa shape index (κ1) is 14.0. The van der Waals surface area contributed by atoms with E-state index in [4.69, 9.17) is 15.6 Å². The Morgan fingerprint density at radius 3 is 1.83 bits per heavy atom. The summed E-state index contributed by atoms with van der Waals surface area (Å²) in [4.78, 5) is 9.00. The zero-order chi connectivity index (χ0) is 8.69. The Kier molecular flexibility index (Phi) is 9.90. The molecule has 12 heavy (non-hydrogen) atoms. The maximum absolute atomic E-state index is 9.00. The van der Waals surface area contributed by atoms with E-state index in [0.29, 0.717) is 5.69 Å². The van der Waals surface area contributed by atoms with Crippen LogP contribution in [0, 0.1) is 0 Å². The van der Waals surface area contributed by atoms with Gasteiger partial charge >= 0.3 is 0 Å². The predicted molar refractivity (Wildman–Crippen MR) is 43.7 cm³/mol. The van der Waals surface area contributed by atoms with Gasteiger partial charge in [0.1, 0.15) is 0 Å². The summed E-state index contributed by atoms with van der Waals surface area (Å²) in [5.74, 6) is -0.833. The van der Waals surface area contributed by atoms with Crippen molar-refractivity contribution in [3.8, 4) is 0 Å². The van der Waals surface area contributed by atoms with E-state index in [1.54, 1.807) is 12.1 Å². The molecule has 1 aromatic carbocycles. The number of nitrogens with one attached hydrogen (secondary N) is 1. The van der Waals surface area contributed by atoms with Gasteiger partial charge in [0.15, 0.2) is 0 Å². The molecule has 2 N–H and O–H groups in total. The largest absolute Gasteiger partial charge is 0.699 e. The summed E-state index contributed by atoms with van der Waals surface area (Å²) < 4.78 is 0. The number of hydrogen-bond donors (Lipinski definition) is 1. The number of carboxylic acid groups (broad SMARTS) is 1. The SMILES string of the molecule is CC(=O)O.[Cd].[NH-]c1ccccc1. The zero-order valence-electron chi connectivity index (χ0n) is 6.95. The minimum atomic E-state index is -0.833. The van der Waals surface area contributed by atoms with Crippen molar-refractivity contribution in [1.29, 1.82) is 0 Å². The van der Waals surface area contributed by atoms with Crippen molar-refractivity contribution in [2.24, 2.45) is 0 Å². The van der Waals surface area contributed by atoms with Crippen LogP contribution in [0.1, 0.15) is 6.92 Å². The molecule has 0 radical (unpaired) electrons. The predicted octanol–water partition coefficient (Wildman–Crippen LogP) is 2.46. The van der Waals surface area contributed by atoms with Crippen LogP contribution in [0.25, 0.3) is 5.73 Å². The minimum Gasteiger partial charge on any atom is -0.699 e. The fourth-order valence-electron chi connectivity index (χ4n) is 0.438. The van der Waals surface area contributed by atoms with Crippen LogP contribution in [0.2, 0.25) is 0 Å². The Balaban J connectivity index is 0. The smallest absolute Gasteiger partial charge is 0.300 e. The normalized spacial score (nSPS) is 7.08. The summed E-state index contributed by atoms with van der Waals surface area (Å²) in [7, 11) is 0. The molecule has 3 nitrogen and oxygen atoms in total. The molecule has 0 heterocycles.